The van der Waals surface area contributed by atoms with E-state index in [0.717, 1.165) is 19.5 Å². The molecule has 1 atom stereocenters. The van der Waals surface area contributed by atoms with E-state index in [2.05, 4.69) is 36.2 Å². The third kappa shape index (κ3) is 4.28. The molecule has 0 saturated carbocycles. The Balaban J connectivity index is 1.88. The number of carbonyl (C=O) groups excluding carboxylic acids is 2. The number of hydrogen-bond acceptors (Lipinski definition) is 3. The number of hydrogen-bond donors (Lipinski definition) is 1. The van der Waals surface area contributed by atoms with E-state index >= 15 is 0 Å². The van der Waals surface area contributed by atoms with Gasteiger partial charge in [0.1, 0.15) is 6.04 Å². The van der Waals surface area contributed by atoms with Crippen LogP contribution in [-0.2, 0) is 9.59 Å². The minimum absolute atomic E-state index is 0.0337. The number of nitrogens with zero attached hydrogens (tertiary/aromatic N) is 2. The molecule has 0 aliphatic carbocycles. The van der Waals surface area contributed by atoms with Crippen molar-refractivity contribution in [1.82, 2.24) is 10.2 Å². The third-order valence-electron chi connectivity index (χ3n) is 4.69. The van der Waals surface area contributed by atoms with Crippen LogP contribution in [0.4, 0.5) is 5.69 Å². The fourth-order valence-corrected chi connectivity index (χ4v) is 3.34. The second kappa shape index (κ2) is 8.71. The highest BCUT2D eigenvalue weighted by Gasteiger charge is 2.31. The van der Waals surface area contributed by atoms with Crippen LogP contribution in [0, 0.1) is 6.92 Å². The first-order chi connectivity index (χ1) is 11.6. The molecule has 5 nitrogen and oxygen atoms in total. The molecule has 1 aliphatic heterocycles. The number of likely N-dealkylation sites (tertiary alicyclic amines) is 1. The molecule has 1 saturated heterocycles. The summed E-state index contributed by atoms with van der Waals surface area (Å²) in [5, 5.41) is 3.01. The Labute approximate surface area is 145 Å². The molecule has 1 aliphatic rings. The Kier molecular flexibility index (Phi) is 6.64. The van der Waals surface area contributed by atoms with Crippen LogP contribution in [0.25, 0.3) is 0 Å². The summed E-state index contributed by atoms with van der Waals surface area (Å²) in [6.07, 6.45) is 2.09. The molecule has 1 aromatic rings. The summed E-state index contributed by atoms with van der Waals surface area (Å²) < 4.78 is 0. The number of nitrogens with one attached hydrogen (secondary N) is 1. The molecule has 1 fully saturated rings. The maximum atomic E-state index is 12.5. The summed E-state index contributed by atoms with van der Waals surface area (Å²) in [5.41, 5.74) is 2.44. The van der Waals surface area contributed by atoms with E-state index in [1.165, 1.54) is 11.3 Å². The molecule has 1 heterocycles. The molecule has 0 radical (unpaired) electrons. The normalized spacial score (nSPS) is 15.5. The van der Waals surface area contributed by atoms with Gasteiger partial charge in [0.15, 0.2) is 0 Å². The van der Waals surface area contributed by atoms with Crippen molar-refractivity contribution in [3.05, 3.63) is 29.8 Å². The molecule has 1 N–H and O–H groups in total. The lowest BCUT2D eigenvalue weighted by molar-refractivity contribution is -0.137. The largest absolute Gasteiger partial charge is 0.370 e. The van der Waals surface area contributed by atoms with Crippen molar-refractivity contribution in [2.24, 2.45) is 0 Å². The molecule has 0 aromatic heterocycles. The average Bonchev–Trinajstić information content (AvgIpc) is 2.99. The quantitative estimate of drug-likeness (QED) is 0.795. The van der Waals surface area contributed by atoms with Gasteiger partial charge in [0.25, 0.3) is 0 Å². The van der Waals surface area contributed by atoms with Gasteiger partial charge >= 0.3 is 0 Å². The number of rotatable bonds is 8. The standard InChI is InChI=1S/C19H29N3O2/c1-4-16(22-13-8-11-18(22)23)19(24)20-12-14-21(5-2)17-10-7-6-9-15(17)3/h6-7,9-10,16H,4-5,8,11-14H2,1-3H3,(H,20,24)/t16-/m1/s1. The van der Waals surface area contributed by atoms with Crippen molar-refractivity contribution in [2.75, 3.05) is 31.1 Å². The van der Waals surface area contributed by atoms with Crippen molar-refractivity contribution in [3.63, 3.8) is 0 Å². The Morgan fingerprint density at radius 2 is 2.08 bits per heavy atom. The summed E-state index contributed by atoms with van der Waals surface area (Å²) in [6.45, 7) is 9.12. The highest BCUT2D eigenvalue weighted by atomic mass is 16.2. The van der Waals surface area contributed by atoms with Gasteiger partial charge in [-0.05, 0) is 38.3 Å². The maximum absolute atomic E-state index is 12.5. The second-order valence-electron chi connectivity index (χ2n) is 6.27. The van der Waals surface area contributed by atoms with E-state index in [0.29, 0.717) is 25.9 Å². The van der Waals surface area contributed by atoms with Gasteiger partial charge in [-0.3, -0.25) is 9.59 Å². The Morgan fingerprint density at radius 3 is 2.67 bits per heavy atom. The molecule has 1 aromatic carbocycles. The Bertz CT molecular complexity index is 573. The lowest BCUT2D eigenvalue weighted by atomic mass is 10.1. The first-order valence-corrected chi connectivity index (χ1v) is 8.96. The first-order valence-electron chi connectivity index (χ1n) is 8.96. The zero-order valence-corrected chi connectivity index (χ0v) is 15.0. The van der Waals surface area contributed by atoms with E-state index in [4.69, 9.17) is 0 Å². The van der Waals surface area contributed by atoms with Gasteiger partial charge in [-0.15, -0.1) is 0 Å². The highest BCUT2D eigenvalue weighted by molar-refractivity contribution is 5.88. The molecule has 2 rings (SSSR count). The van der Waals surface area contributed by atoms with E-state index in [1.807, 2.05) is 19.1 Å². The van der Waals surface area contributed by atoms with Gasteiger partial charge in [0, 0.05) is 38.3 Å². The highest BCUT2D eigenvalue weighted by Crippen LogP contribution is 2.19. The average molecular weight is 331 g/mol. The van der Waals surface area contributed by atoms with Gasteiger partial charge in [-0.2, -0.15) is 0 Å². The van der Waals surface area contributed by atoms with E-state index in [-0.39, 0.29) is 17.9 Å². The summed E-state index contributed by atoms with van der Waals surface area (Å²) in [5.74, 6) is 0.0701. The van der Waals surface area contributed by atoms with Crippen LogP contribution in [0.1, 0.15) is 38.7 Å². The van der Waals surface area contributed by atoms with Crippen LogP contribution in [0.5, 0.6) is 0 Å². The predicted octanol–water partition coefficient (Wildman–Crippen LogP) is 2.34. The van der Waals surface area contributed by atoms with Gasteiger partial charge in [-0.1, -0.05) is 25.1 Å². The molecule has 24 heavy (non-hydrogen) atoms. The smallest absolute Gasteiger partial charge is 0.242 e. The zero-order chi connectivity index (χ0) is 17.5. The Hall–Kier alpha value is -2.04. The molecule has 0 spiro atoms. The number of anilines is 1. The van der Waals surface area contributed by atoms with Crippen molar-refractivity contribution >= 4 is 17.5 Å². The first kappa shape index (κ1) is 18.3. The molecule has 0 unspecified atom stereocenters. The van der Waals surface area contributed by atoms with Crippen LogP contribution < -0.4 is 10.2 Å². The van der Waals surface area contributed by atoms with Gasteiger partial charge in [0.05, 0.1) is 0 Å². The molecule has 132 valence electrons. The van der Waals surface area contributed by atoms with Crippen LogP contribution in [0.15, 0.2) is 24.3 Å². The lowest BCUT2D eigenvalue weighted by Crippen LogP contribution is -2.48. The fraction of sp³-hybridized carbons (Fsp3) is 0.579. The number of carbonyl (C=O) groups is 2. The monoisotopic (exact) mass is 331 g/mol. The maximum Gasteiger partial charge on any atom is 0.242 e. The molecule has 2 amide bonds. The minimum atomic E-state index is -0.325. The van der Waals surface area contributed by atoms with Gasteiger partial charge < -0.3 is 15.1 Å². The molecule has 0 bridgehead atoms. The number of likely N-dealkylation sites (N-methyl/N-ethyl adjacent to an activating group) is 1. The van der Waals surface area contributed by atoms with Crippen molar-refractivity contribution in [3.8, 4) is 0 Å². The zero-order valence-electron chi connectivity index (χ0n) is 15.0. The van der Waals surface area contributed by atoms with Gasteiger partial charge in [-0.25, -0.2) is 0 Å². The van der Waals surface area contributed by atoms with Crippen molar-refractivity contribution in [1.29, 1.82) is 0 Å². The third-order valence-corrected chi connectivity index (χ3v) is 4.69. The summed E-state index contributed by atoms with van der Waals surface area (Å²) in [6, 6.07) is 7.96. The minimum Gasteiger partial charge on any atom is -0.370 e. The topological polar surface area (TPSA) is 52.7 Å². The number of para-hydroxylation sites is 1. The van der Waals surface area contributed by atoms with Crippen LogP contribution in [0.2, 0.25) is 0 Å². The van der Waals surface area contributed by atoms with Crippen LogP contribution in [0.3, 0.4) is 0 Å². The molecular weight excluding hydrogens is 302 g/mol. The van der Waals surface area contributed by atoms with Gasteiger partial charge in [0.2, 0.25) is 11.8 Å². The molecule has 5 heteroatoms. The SMILES string of the molecule is CC[C@H](C(=O)NCCN(CC)c1ccccc1C)N1CCCC1=O. The van der Waals surface area contributed by atoms with E-state index in [1.54, 1.807) is 4.90 Å². The van der Waals surface area contributed by atoms with Crippen LogP contribution >= 0.6 is 0 Å². The number of amides is 2. The summed E-state index contributed by atoms with van der Waals surface area (Å²) in [4.78, 5) is 28.3. The lowest BCUT2D eigenvalue weighted by Gasteiger charge is -2.28. The van der Waals surface area contributed by atoms with E-state index in [9.17, 15) is 9.59 Å². The van der Waals surface area contributed by atoms with Crippen molar-refractivity contribution < 1.29 is 9.59 Å². The van der Waals surface area contributed by atoms with Crippen molar-refractivity contribution in [2.45, 2.75) is 46.1 Å². The second-order valence-corrected chi connectivity index (χ2v) is 6.27. The molecular formula is C19H29N3O2. The Morgan fingerprint density at radius 1 is 1.33 bits per heavy atom. The number of benzene rings is 1. The summed E-state index contributed by atoms with van der Waals surface area (Å²) in [7, 11) is 0. The number of aryl methyl sites for hydroxylation is 1. The van der Waals surface area contributed by atoms with E-state index < -0.39 is 0 Å². The predicted molar refractivity (Wildman–Crippen MR) is 97.1 cm³/mol. The summed E-state index contributed by atoms with van der Waals surface area (Å²) >= 11 is 0. The fourth-order valence-electron chi connectivity index (χ4n) is 3.34. The van der Waals surface area contributed by atoms with Crippen LogP contribution in [-0.4, -0.2) is 48.9 Å².